The van der Waals surface area contributed by atoms with Crippen molar-refractivity contribution in [2.75, 3.05) is 39.5 Å². The summed E-state index contributed by atoms with van der Waals surface area (Å²) in [7, 11) is 0. The second-order valence-electron chi connectivity index (χ2n) is 6.01. The molecular formula is C20H24N2O4. The van der Waals surface area contributed by atoms with Gasteiger partial charge in [0.2, 0.25) is 0 Å². The first-order chi connectivity index (χ1) is 12.8. The topological polar surface area (TPSA) is 63.9 Å². The molecule has 2 aromatic rings. The third kappa shape index (κ3) is 4.74. The molecule has 0 radical (unpaired) electrons. The monoisotopic (exact) mass is 356 g/mol. The van der Waals surface area contributed by atoms with E-state index in [1.165, 1.54) is 0 Å². The Morgan fingerprint density at radius 2 is 2.04 bits per heavy atom. The highest BCUT2D eigenvalue weighted by Gasteiger charge is 2.25. The van der Waals surface area contributed by atoms with E-state index >= 15 is 0 Å². The molecule has 0 bridgehead atoms. The van der Waals surface area contributed by atoms with Gasteiger partial charge in [-0.25, -0.2) is 0 Å². The van der Waals surface area contributed by atoms with E-state index < -0.39 is 0 Å². The van der Waals surface area contributed by atoms with E-state index in [1.54, 1.807) is 36.6 Å². The highest BCUT2D eigenvalue weighted by molar-refractivity contribution is 5.94. The summed E-state index contributed by atoms with van der Waals surface area (Å²) in [6.07, 6.45) is 3.34. The molecule has 1 aromatic heterocycles. The van der Waals surface area contributed by atoms with Crippen LogP contribution < -0.4 is 10.1 Å². The molecule has 0 aliphatic carbocycles. The predicted molar refractivity (Wildman–Crippen MR) is 98.3 cm³/mol. The van der Waals surface area contributed by atoms with Gasteiger partial charge in [0.05, 0.1) is 25.5 Å². The Balaban J connectivity index is 1.61. The fourth-order valence-corrected chi connectivity index (χ4v) is 2.93. The van der Waals surface area contributed by atoms with E-state index in [4.69, 9.17) is 13.9 Å². The van der Waals surface area contributed by atoms with Crippen molar-refractivity contribution < 1.29 is 18.7 Å². The van der Waals surface area contributed by atoms with Gasteiger partial charge in [-0.3, -0.25) is 9.69 Å². The van der Waals surface area contributed by atoms with Gasteiger partial charge in [0.1, 0.15) is 18.1 Å². The number of rotatable bonds is 8. The van der Waals surface area contributed by atoms with Gasteiger partial charge in [0.25, 0.3) is 5.91 Å². The molecule has 3 rings (SSSR count). The summed E-state index contributed by atoms with van der Waals surface area (Å²) in [4.78, 5) is 14.8. The van der Waals surface area contributed by atoms with Crippen molar-refractivity contribution in [3.63, 3.8) is 0 Å². The molecule has 1 fully saturated rings. The number of nitrogens with zero attached hydrogens (tertiary/aromatic N) is 1. The minimum absolute atomic E-state index is 0.00644. The van der Waals surface area contributed by atoms with Gasteiger partial charge in [-0.15, -0.1) is 0 Å². The van der Waals surface area contributed by atoms with Crippen LogP contribution in [0.2, 0.25) is 0 Å². The molecule has 0 unspecified atom stereocenters. The molecule has 2 heterocycles. The summed E-state index contributed by atoms with van der Waals surface area (Å²) in [6.45, 7) is 7.54. The Morgan fingerprint density at radius 1 is 1.27 bits per heavy atom. The zero-order valence-corrected chi connectivity index (χ0v) is 14.7. The molecule has 6 heteroatoms. The number of benzene rings is 1. The molecule has 1 amide bonds. The quantitative estimate of drug-likeness (QED) is 0.737. The number of morpholine rings is 1. The highest BCUT2D eigenvalue weighted by atomic mass is 16.5. The minimum atomic E-state index is -0.120. The van der Waals surface area contributed by atoms with Crippen molar-refractivity contribution in [1.82, 2.24) is 10.2 Å². The molecule has 1 aromatic carbocycles. The molecule has 138 valence electrons. The van der Waals surface area contributed by atoms with Crippen molar-refractivity contribution >= 4 is 5.91 Å². The van der Waals surface area contributed by atoms with Crippen LogP contribution in [0.1, 0.15) is 22.2 Å². The lowest BCUT2D eigenvalue weighted by molar-refractivity contribution is 0.0118. The van der Waals surface area contributed by atoms with Gasteiger partial charge in [0.15, 0.2) is 0 Å². The Kier molecular flexibility index (Phi) is 6.46. The Bertz CT molecular complexity index is 691. The lowest BCUT2D eigenvalue weighted by atomic mass is 10.1. The van der Waals surface area contributed by atoms with Gasteiger partial charge in [-0.05, 0) is 36.4 Å². The molecule has 1 atom stereocenters. The van der Waals surface area contributed by atoms with E-state index in [9.17, 15) is 4.79 Å². The summed E-state index contributed by atoms with van der Waals surface area (Å²) >= 11 is 0. The number of hydrogen-bond acceptors (Lipinski definition) is 5. The molecule has 0 saturated carbocycles. The number of ether oxygens (including phenoxy) is 2. The summed E-state index contributed by atoms with van der Waals surface area (Å²) in [6, 6.07) is 10.9. The highest BCUT2D eigenvalue weighted by Crippen LogP contribution is 2.22. The second-order valence-corrected chi connectivity index (χ2v) is 6.01. The summed E-state index contributed by atoms with van der Waals surface area (Å²) in [5.41, 5.74) is 0.594. The first-order valence-corrected chi connectivity index (χ1v) is 8.75. The zero-order valence-electron chi connectivity index (χ0n) is 14.7. The van der Waals surface area contributed by atoms with E-state index in [1.807, 2.05) is 12.1 Å². The smallest absolute Gasteiger partial charge is 0.251 e. The normalized spacial score (nSPS) is 16.0. The number of amides is 1. The van der Waals surface area contributed by atoms with Crippen LogP contribution in [-0.4, -0.2) is 50.3 Å². The average molecular weight is 356 g/mol. The maximum atomic E-state index is 12.5. The fourth-order valence-electron chi connectivity index (χ4n) is 2.93. The minimum Gasteiger partial charge on any atom is -0.490 e. The zero-order chi connectivity index (χ0) is 18.2. The Hall–Kier alpha value is -2.57. The van der Waals surface area contributed by atoms with Gasteiger partial charge in [0, 0.05) is 25.2 Å². The molecular weight excluding hydrogens is 332 g/mol. The lowest BCUT2D eigenvalue weighted by Gasteiger charge is -2.33. The molecule has 0 spiro atoms. The van der Waals surface area contributed by atoms with Gasteiger partial charge < -0.3 is 19.2 Å². The molecule has 26 heavy (non-hydrogen) atoms. The number of furan rings is 1. The SMILES string of the molecule is C=CCOc1ccc(C(=O)NC[C@@H](c2ccco2)N2CCOCC2)cc1. The van der Waals surface area contributed by atoms with Crippen LogP contribution in [0.5, 0.6) is 5.75 Å². The molecule has 1 N–H and O–H groups in total. The first kappa shape index (κ1) is 18.2. The molecule has 1 aliphatic rings. The number of hydrogen-bond donors (Lipinski definition) is 1. The maximum Gasteiger partial charge on any atom is 0.251 e. The van der Waals surface area contributed by atoms with E-state index in [2.05, 4.69) is 16.8 Å². The molecule has 1 saturated heterocycles. The third-order valence-corrected chi connectivity index (χ3v) is 4.30. The summed E-state index contributed by atoms with van der Waals surface area (Å²) in [5, 5.41) is 3.01. The fraction of sp³-hybridized carbons (Fsp3) is 0.350. The van der Waals surface area contributed by atoms with Gasteiger partial charge in [-0.1, -0.05) is 12.7 Å². The van der Waals surface area contributed by atoms with Gasteiger partial charge >= 0.3 is 0 Å². The van der Waals surface area contributed by atoms with Crippen LogP contribution in [0.15, 0.2) is 59.7 Å². The van der Waals surface area contributed by atoms with Crippen molar-refractivity contribution in [1.29, 1.82) is 0 Å². The molecule has 6 nitrogen and oxygen atoms in total. The number of carbonyl (C=O) groups is 1. The average Bonchev–Trinajstić information content (AvgIpc) is 3.22. The lowest BCUT2D eigenvalue weighted by Crippen LogP contribution is -2.43. The van der Waals surface area contributed by atoms with Crippen LogP contribution in [0.25, 0.3) is 0 Å². The standard InChI is InChI=1S/C20H24N2O4/c1-2-11-25-17-7-5-16(6-8-17)20(23)21-15-18(19-4-3-12-26-19)22-9-13-24-14-10-22/h2-8,12,18H,1,9-11,13-15H2,(H,21,23)/t18-/m0/s1. The van der Waals surface area contributed by atoms with E-state index in [0.717, 1.165) is 18.8 Å². The van der Waals surface area contributed by atoms with Gasteiger partial charge in [-0.2, -0.15) is 0 Å². The van der Waals surface area contributed by atoms with Crippen molar-refractivity contribution in [2.24, 2.45) is 0 Å². The van der Waals surface area contributed by atoms with E-state index in [0.29, 0.717) is 37.7 Å². The third-order valence-electron chi connectivity index (χ3n) is 4.30. The van der Waals surface area contributed by atoms with Crippen molar-refractivity contribution in [3.8, 4) is 5.75 Å². The van der Waals surface area contributed by atoms with Crippen LogP contribution in [0.3, 0.4) is 0 Å². The van der Waals surface area contributed by atoms with Crippen LogP contribution in [0.4, 0.5) is 0 Å². The summed E-state index contributed by atoms with van der Waals surface area (Å²) in [5.74, 6) is 1.44. The summed E-state index contributed by atoms with van der Waals surface area (Å²) < 4.78 is 16.4. The number of carbonyl (C=O) groups excluding carboxylic acids is 1. The predicted octanol–water partition coefficient (Wildman–Crippen LogP) is 2.65. The van der Waals surface area contributed by atoms with Crippen LogP contribution in [0, 0.1) is 0 Å². The Labute approximate surface area is 153 Å². The Morgan fingerprint density at radius 3 is 2.69 bits per heavy atom. The number of nitrogens with one attached hydrogen (secondary N) is 1. The van der Waals surface area contributed by atoms with Crippen LogP contribution >= 0.6 is 0 Å². The van der Waals surface area contributed by atoms with Crippen molar-refractivity contribution in [2.45, 2.75) is 6.04 Å². The van der Waals surface area contributed by atoms with E-state index in [-0.39, 0.29) is 11.9 Å². The van der Waals surface area contributed by atoms with Crippen LogP contribution in [-0.2, 0) is 4.74 Å². The molecule has 1 aliphatic heterocycles. The largest absolute Gasteiger partial charge is 0.490 e. The second kappa shape index (κ2) is 9.22. The van der Waals surface area contributed by atoms with Crippen molar-refractivity contribution in [3.05, 3.63) is 66.6 Å². The maximum absolute atomic E-state index is 12.5. The first-order valence-electron chi connectivity index (χ1n) is 8.75.